The predicted octanol–water partition coefficient (Wildman–Crippen LogP) is 2.75. The summed E-state index contributed by atoms with van der Waals surface area (Å²) in [5.74, 6) is 0.320. The molecule has 0 amide bonds. The third-order valence-electron chi connectivity index (χ3n) is 2.14. The minimum Gasteiger partial charge on any atom is -0.507 e. The number of nitrogen functional groups attached to an aromatic ring is 1. The number of aryl methyl sites for hydroxylation is 1. The summed E-state index contributed by atoms with van der Waals surface area (Å²) >= 11 is 1.54. The number of benzene rings is 1. The summed E-state index contributed by atoms with van der Waals surface area (Å²) in [5.41, 5.74) is 6.94. The van der Waals surface area contributed by atoms with E-state index in [4.69, 9.17) is 5.73 Å². The van der Waals surface area contributed by atoms with Crippen LogP contribution in [0.25, 0.3) is 10.1 Å². The van der Waals surface area contributed by atoms with Crippen molar-refractivity contribution in [2.75, 3.05) is 5.73 Å². The molecule has 0 saturated carbocycles. The first-order valence-corrected chi connectivity index (χ1v) is 5.04. The maximum Gasteiger partial charge on any atom is 0.124 e. The summed E-state index contributed by atoms with van der Waals surface area (Å²) in [6.07, 6.45) is 0.969. The van der Waals surface area contributed by atoms with Gasteiger partial charge in [0.1, 0.15) is 5.75 Å². The molecule has 0 fully saturated rings. The van der Waals surface area contributed by atoms with Gasteiger partial charge in [-0.3, -0.25) is 0 Å². The summed E-state index contributed by atoms with van der Waals surface area (Å²) in [7, 11) is 0. The van der Waals surface area contributed by atoms with E-state index < -0.39 is 0 Å². The molecule has 0 spiro atoms. The van der Waals surface area contributed by atoms with Crippen LogP contribution in [0.1, 0.15) is 12.5 Å². The second-order valence-corrected chi connectivity index (χ2v) is 4.07. The number of hydrogen-bond donors (Lipinski definition) is 2. The Bertz CT molecular complexity index is 447. The third kappa shape index (κ3) is 1.25. The van der Waals surface area contributed by atoms with Crippen molar-refractivity contribution in [3.8, 4) is 5.75 Å². The van der Waals surface area contributed by atoms with Crippen LogP contribution in [-0.2, 0) is 6.42 Å². The predicted molar refractivity (Wildman–Crippen MR) is 57.3 cm³/mol. The Morgan fingerprint density at radius 1 is 1.46 bits per heavy atom. The molecule has 1 aromatic heterocycles. The van der Waals surface area contributed by atoms with Crippen LogP contribution in [0.4, 0.5) is 5.00 Å². The summed E-state index contributed by atoms with van der Waals surface area (Å²) in [4.78, 5) is 0. The van der Waals surface area contributed by atoms with E-state index in [0.717, 1.165) is 21.5 Å². The quantitative estimate of drug-likeness (QED) is 0.731. The second kappa shape index (κ2) is 2.92. The van der Waals surface area contributed by atoms with Crippen LogP contribution in [-0.4, -0.2) is 5.11 Å². The van der Waals surface area contributed by atoms with Gasteiger partial charge in [-0.25, -0.2) is 0 Å². The molecule has 0 unspecified atom stereocenters. The highest BCUT2D eigenvalue weighted by atomic mass is 32.1. The Labute approximate surface area is 80.6 Å². The largest absolute Gasteiger partial charge is 0.507 e. The van der Waals surface area contributed by atoms with Crippen LogP contribution in [0, 0.1) is 0 Å². The lowest BCUT2D eigenvalue weighted by molar-refractivity contribution is 0.481. The fourth-order valence-corrected chi connectivity index (χ4v) is 2.49. The lowest BCUT2D eigenvalue weighted by Crippen LogP contribution is -1.78. The van der Waals surface area contributed by atoms with Gasteiger partial charge in [-0.1, -0.05) is 13.0 Å². The lowest BCUT2D eigenvalue weighted by Gasteiger charge is -1.99. The third-order valence-corrected chi connectivity index (χ3v) is 3.18. The van der Waals surface area contributed by atoms with Gasteiger partial charge in [0.15, 0.2) is 0 Å². The number of hydrogen-bond acceptors (Lipinski definition) is 3. The van der Waals surface area contributed by atoms with Crippen molar-refractivity contribution < 1.29 is 5.11 Å². The molecule has 2 rings (SSSR count). The summed E-state index contributed by atoms with van der Waals surface area (Å²) in [5, 5.41) is 11.2. The first-order valence-electron chi connectivity index (χ1n) is 4.22. The minimum absolute atomic E-state index is 0.320. The summed E-state index contributed by atoms with van der Waals surface area (Å²) in [6.45, 7) is 2.10. The molecule has 1 aromatic carbocycles. The van der Waals surface area contributed by atoms with Gasteiger partial charge in [0, 0.05) is 10.1 Å². The van der Waals surface area contributed by atoms with E-state index in [9.17, 15) is 5.11 Å². The first-order chi connectivity index (χ1) is 6.22. The maximum absolute atomic E-state index is 9.56. The smallest absolute Gasteiger partial charge is 0.124 e. The standard InChI is InChI=1S/C10H11NOS/c1-2-6-3-4-8(12)7-5-9(11)13-10(6)7/h3-5,12H,2,11H2,1H3. The van der Waals surface area contributed by atoms with Crippen LogP contribution in [0.5, 0.6) is 5.75 Å². The number of thiophene rings is 1. The van der Waals surface area contributed by atoms with Crippen LogP contribution in [0.3, 0.4) is 0 Å². The molecule has 0 bridgehead atoms. The van der Waals surface area contributed by atoms with Crippen LogP contribution in [0.2, 0.25) is 0 Å². The van der Waals surface area contributed by atoms with Crippen molar-refractivity contribution in [3.63, 3.8) is 0 Å². The molecule has 3 heteroatoms. The molecule has 2 nitrogen and oxygen atoms in total. The van der Waals surface area contributed by atoms with Crippen molar-refractivity contribution in [3.05, 3.63) is 23.8 Å². The second-order valence-electron chi connectivity index (χ2n) is 2.99. The zero-order valence-electron chi connectivity index (χ0n) is 7.37. The zero-order chi connectivity index (χ0) is 9.42. The molecule has 0 aliphatic carbocycles. The molecule has 3 N–H and O–H groups in total. The van der Waals surface area contributed by atoms with Crippen LogP contribution < -0.4 is 5.73 Å². The van der Waals surface area contributed by atoms with Crippen LogP contribution >= 0.6 is 11.3 Å². The maximum atomic E-state index is 9.56. The molecule has 2 aromatic rings. The molecule has 0 saturated heterocycles. The van der Waals surface area contributed by atoms with Crippen molar-refractivity contribution in [1.82, 2.24) is 0 Å². The first kappa shape index (κ1) is 8.38. The van der Waals surface area contributed by atoms with Gasteiger partial charge < -0.3 is 10.8 Å². The molecular weight excluding hydrogens is 182 g/mol. The molecule has 13 heavy (non-hydrogen) atoms. The number of phenolic OH excluding ortho intramolecular Hbond substituents is 1. The normalized spacial score (nSPS) is 10.8. The van der Waals surface area contributed by atoms with Gasteiger partial charge >= 0.3 is 0 Å². The number of fused-ring (bicyclic) bond motifs is 1. The van der Waals surface area contributed by atoms with E-state index in [1.54, 1.807) is 6.07 Å². The van der Waals surface area contributed by atoms with E-state index in [-0.39, 0.29) is 0 Å². The highest BCUT2D eigenvalue weighted by Crippen LogP contribution is 2.36. The Balaban J connectivity index is 2.83. The van der Waals surface area contributed by atoms with E-state index >= 15 is 0 Å². The number of phenols is 1. The van der Waals surface area contributed by atoms with E-state index in [2.05, 4.69) is 6.92 Å². The summed E-state index contributed by atoms with van der Waals surface area (Å²) < 4.78 is 1.11. The SMILES string of the molecule is CCc1ccc(O)c2cc(N)sc12. The molecule has 0 radical (unpaired) electrons. The van der Waals surface area contributed by atoms with Gasteiger partial charge in [0.2, 0.25) is 0 Å². The molecule has 0 aliphatic heterocycles. The van der Waals surface area contributed by atoms with Crippen molar-refractivity contribution in [1.29, 1.82) is 0 Å². The molecule has 68 valence electrons. The molecular formula is C10H11NOS. The van der Waals surface area contributed by atoms with Crippen LogP contribution in [0.15, 0.2) is 18.2 Å². The Kier molecular flexibility index (Phi) is 1.88. The highest BCUT2D eigenvalue weighted by molar-refractivity contribution is 7.22. The van der Waals surface area contributed by atoms with Gasteiger partial charge in [-0.15, -0.1) is 11.3 Å². The summed E-state index contributed by atoms with van der Waals surface area (Å²) in [6, 6.07) is 5.51. The van der Waals surface area contributed by atoms with Crippen molar-refractivity contribution in [2.24, 2.45) is 0 Å². The molecule has 1 heterocycles. The average molecular weight is 193 g/mol. The fourth-order valence-electron chi connectivity index (χ4n) is 1.46. The van der Waals surface area contributed by atoms with Gasteiger partial charge in [0.05, 0.1) is 5.00 Å². The minimum atomic E-state index is 0.320. The van der Waals surface area contributed by atoms with Gasteiger partial charge in [-0.05, 0) is 24.1 Å². The zero-order valence-corrected chi connectivity index (χ0v) is 8.19. The van der Waals surface area contributed by atoms with Crippen molar-refractivity contribution in [2.45, 2.75) is 13.3 Å². The van der Waals surface area contributed by atoms with E-state index in [1.807, 2.05) is 12.1 Å². The lowest BCUT2D eigenvalue weighted by atomic mass is 10.1. The monoisotopic (exact) mass is 193 g/mol. The number of aromatic hydroxyl groups is 1. The topological polar surface area (TPSA) is 46.2 Å². The number of anilines is 1. The van der Waals surface area contributed by atoms with E-state index in [0.29, 0.717) is 5.75 Å². The number of nitrogens with two attached hydrogens (primary N) is 1. The molecule has 0 atom stereocenters. The van der Waals surface area contributed by atoms with Gasteiger partial charge in [-0.2, -0.15) is 0 Å². The Hall–Kier alpha value is -1.22. The fraction of sp³-hybridized carbons (Fsp3) is 0.200. The van der Waals surface area contributed by atoms with Gasteiger partial charge in [0.25, 0.3) is 0 Å². The molecule has 0 aliphatic rings. The Morgan fingerprint density at radius 2 is 2.23 bits per heavy atom. The number of rotatable bonds is 1. The average Bonchev–Trinajstić information content (AvgIpc) is 2.48. The highest BCUT2D eigenvalue weighted by Gasteiger charge is 2.07. The van der Waals surface area contributed by atoms with E-state index in [1.165, 1.54) is 16.9 Å². The Morgan fingerprint density at radius 3 is 2.92 bits per heavy atom. The van der Waals surface area contributed by atoms with Crippen molar-refractivity contribution >= 4 is 26.4 Å².